The van der Waals surface area contributed by atoms with E-state index in [1.165, 1.54) is 15.9 Å². The maximum absolute atomic E-state index is 13.9. The topological polar surface area (TPSA) is 84.5 Å². The molecule has 4 atom stereocenters. The molecule has 0 spiro atoms. The van der Waals surface area contributed by atoms with Crippen molar-refractivity contribution in [2.45, 2.75) is 181 Å². The SMILES string of the molecule is CO[C@@H](CO[Si](C)(C)C(C)(C)C)CC(=O)Nc1cc(CC/C=C(/C)[C@@H]2OC(C)(C)O[C@@H](CCO[Si](C)(C)C(C)(C)C)[C@@H]2C)cc(O[Si](c2ccccc2)(c2ccccc2)C(C)(C)C)c1. The number of aryl methyl sites for hydroxylation is 1. The minimum Gasteiger partial charge on any atom is -0.534 e. The van der Waals surface area contributed by atoms with Gasteiger partial charge in [-0.2, -0.15) is 0 Å². The van der Waals surface area contributed by atoms with Gasteiger partial charge in [-0.25, -0.2) is 0 Å². The van der Waals surface area contributed by atoms with E-state index in [1.807, 2.05) is 19.9 Å². The van der Waals surface area contributed by atoms with Crippen LogP contribution >= 0.6 is 0 Å². The number of nitrogens with one attached hydrogen (secondary N) is 1. The van der Waals surface area contributed by atoms with Gasteiger partial charge in [-0.15, -0.1) is 0 Å². The van der Waals surface area contributed by atoms with Gasteiger partial charge in [-0.1, -0.05) is 136 Å². The van der Waals surface area contributed by atoms with E-state index in [-0.39, 0.29) is 51.7 Å². The van der Waals surface area contributed by atoms with Crippen molar-refractivity contribution >= 4 is 46.9 Å². The lowest BCUT2D eigenvalue weighted by Crippen LogP contribution is -2.68. The molecule has 64 heavy (non-hydrogen) atoms. The summed E-state index contributed by atoms with van der Waals surface area (Å²) in [4.78, 5) is 13.9. The lowest BCUT2D eigenvalue weighted by atomic mass is 9.88. The maximum atomic E-state index is 13.9. The average Bonchev–Trinajstić information content (AvgIpc) is 3.18. The van der Waals surface area contributed by atoms with E-state index in [9.17, 15) is 4.79 Å². The van der Waals surface area contributed by atoms with E-state index in [4.69, 9.17) is 27.5 Å². The molecule has 3 aromatic carbocycles. The number of amides is 1. The second-order valence-corrected chi connectivity index (χ2v) is 36.5. The van der Waals surface area contributed by atoms with E-state index in [1.54, 1.807) is 7.11 Å². The van der Waals surface area contributed by atoms with Crippen molar-refractivity contribution in [1.29, 1.82) is 0 Å². The second-order valence-electron chi connectivity index (χ2n) is 22.7. The molecule has 1 amide bonds. The molecule has 0 aromatic heterocycles. The fourth-order valence-corrected chi connectivity index (χ4v) is 14.6. The summed E-state index contributed by atoms with van der Waals surface area (Å²) in [6.45, 7) is 38.9. The highest BCUT2D eigenvalue weighted by atomic mass is 28.4. The first-order chi connectivity index (χ1) is 29.5. The monoisotopic (exact) mass is 932 g/mol. The van der Waals surface area contributed by atoms with Crippen LogP contribution in [0, 0.1) is 5.92 Å². The molecule has 1 heterocycles. The van der Waals surface area contributed by atoms with E-state index < -0.39 is 30.7 Å². The molecule has 0 aliphatic carbocycles. The third-order valence-corrected chi connectivity index (χ3v) is 28.0. The summed E-state index contributed by atoms with van der Waals surface area (Å²) in [5.41, 5.74) is 2.96. The van der Waals surface area contributed by atoms with Crippen molar-refractivity contribution in [2.24, 2.45) is 5.92 Å². The number of rotatable bonds is 19. The van der Waals surface area contributed by atoms with Crippen LogP contribution in [-0.4, -0.2) is 75.3 Å². The zero-order chi connectivity index (χ0) is 47.9. The summed E-state index contributed by atoms with van der Waals surface area (Å²) in [6.07, 6.45) is 4.38. The molecule has 3 aromatic rings. The van der Waals surface area contributed by atoms with Crippen LogP contribution in [0.1, 0.15) is 115 Å². The molecular weight excluding hydrogens is 847 g/mol. The molecule has 1 saturated heterocycles. The first kappa shape index (κ1) is 53.7. The lowest BCUT2D eigenvalue weighted by molar-refractivity contribution is -0.312. The van der Waals surface area contributed by atoms with Gasteiger partial charge in [-0.05, 0) is 115 Å². The molecule has 0 saturated carbocycles. The van der Waals surface area contributed by atoms with Crippen LogP contribution in [0.3, 0.4) is 0 Å². The molecule has 0 unspecified atom stereocenters. The Bertz CT molecular complexity index is 1940. The Kier molecular flexibility index (Phi) is 18.0. The highest BCUT2D eigenvalue weighted by Crippen LogP contribution is 2.41. The summed E-state index contributed by atoms with van der Waals surface area (Å²) in [6, 6.07) is 27.6. The number of anilines is 1. The highest BCUT2D eigenvalue weighted by molar-refractivity contribution is 7.00. The molecule has 1 fully saturated rings. The molecule has 1 aliphatic rings. The zero-order valence-electron chi connectivity index (χ0n) is 43.0. The van der Waals surface area contributed by atoms with Crippen LogP contribution in [0.15, 0.2) is 90.5 Å². The normalized spacial score (nSPS) is 19.6. The Morgan fingerprint density at radius 2 is 1.34 bits per heavy atom. The van der Waals surface area contributed by atoms with Crippen molar-refractivity contribution in [3.05, 3.63) is 96.1 Å². The van der Waals surface area contributed by atoms with Crippen molar-refractivity contribution < 1.29 is 32.3 Å². The lowest BCUT2D eigenvalue weighted by Gasteiger charge is -2.46. The number of hydrogen-bond acceptors (Lipinski definition) is 7. The van der Waals surface area contributed by atoms with Gasteiger partial charge < -0.3 is 32.8 Å². The van der Waals surface area contributed by atoms with Crippen molar-refractivity contribution in [3.63, 3.8) is 0 Å². The maximum Gasteiger partial charge on any atom is 0.319 e. The molecule has 0 bridgehead atoms. The second kappa shape index (κ2) is 21.4. The van der Waals surface area contributed by atoms with E-state index in [0.717, 1.165) is 30.6 Å². The standard InChI is InChI=1S/C53H85NO7Si3/c1-39(49-40(2)47(59-53(12,13)60-49)32-33-57-62(15,16)50(3,4)5)26-25-27-41-34-42(54-48(55)37-44(56-14)38-58-63(17,18)51(6,7)8)36-43(35-41)61-64(52(9,10)11,45-28-21-19-22-29-45)46-30-23-20-24-31-46/h19-24,26,28-31,34-36,40,44,47,49H,25,27,32-33,37-38H2,1-18H3,(H,54,55)/b39-26-/t40-,44+,47-,49-/m0/s1. The highest BCUT2D eigenvalue weighted by Gasteiger charge is 2.52. The number of ether oxygens (including phenoxy) is 3. The third kappa shape index (κ3) is 13.8. The van der Waals surface area contributed by atoms with E-state index in [0.29, 0.717) is 18.9 Å². The first-order valence-electron chi connectivity index (χ1n) is 23.6. The molecule has 356 valence electrons. The van der Waals surface area contributed by atoms with E-state index in [2.05, 4.69) is 187 Å². The summed E-state index contributed by atoms with van der Waals surface area (Å²) < 4.78 is 39.6. The quantitative estimate of drug-likeness (QED) is 0.0947. The molecule has 1 aliphatic heterocycles. The van der Waals surface area contributed by atoms with Gasteiger partial charge in [0, 0.05) is 31.4 Å². The smallest absolute Gasteiger partial charge is 0.319 e. The van der Waals surface area contributed by atoms with Crippen molar-refractivity contribution in [1.82, 2.24) is 0 Å². The van der Waals surface area contributed by atoms with Crippen LogP contribution in [0.5, 0.6) is 5.75 Å². The van der Waals surface area contributed by atoms with Crippen LogP contribution < -0.4 is 20.1 Å². The summed E-state index contributed by atoms with van der Waals surface area (Å²) in [5, 5.41) is 5.58. The van der Waals surface area contributed by atoms with Crippen LogP contribution in [0.4, 0.5) is 5.69 Å². The van der Waals surface area contributed by atoms with E-state index >= 15 is 0 Å². The van der Waals surface area contributed by atoms with Gasteiger partial charge in [0.1, 0.15) is 5.75 Å². The number of carbonyl (C=O) groups is 1. The summed E-state index contributed by atoms with van der Waals surface area (Å²) in [7, 11) is -5.23. The Morgan fingerprint density at radius 1 is 0.797 bits per heavy atom. The number of carbonyl (C=O) groups excluding carboxylic acids is 1. The number of benzene rings is 3. The predicted molar refractivity (Wildman–Crippen MR) is 275 cm³/mol. The van der Waals surface area contributed by atoms with Gasteiger partial charge in [0.15, 0.2) is 22.4 Å². The summed E-state index contributed by atoms with van der Waals surface area (Å²) in [5.74, 6) is 0.0398. The fraction of sp³-hybridized carbons (Fsp3) is 0.604. The Labute approximate surface area is 392 Å². The summed E-state index contributed by atoms with van der Waals surface area (Å²) >= 11 is 0. The Hall–Kier alpha value is -2.88. The largest absolute Gasteiger partial charge is 0.534 e. The number of hydrogen-bond donors (Lipinski definition) is 1. The van der Waals surface area contributed by atoms with Crippen LogP contribution in [0.25, 0.3) is 0 Å². The minimum absolute atomic E-state index is 0.0136. The van der Waals surface area contributed by atoms with Gasteiger partial charge in [-0.3, -0.25) is 4.79 Å². The van der Waals surface area contributed by atoms with Crippen molar-refractivity contribution in [3.8, 4) is 5.75 Å². The predicted octanol–water partition coefficient (Wildman–Crippen LogP) is 12.4. The molecule has 11 heteroatoms. The van der Waals surface area contributed by atoms with Gasteiger partial charge in [0.2, 0.25) is 5.91 Å². The van der Waals surface area contributed by atoms with Gasteiger partial charge in [0.05, 0.1) is 31.3 Å². The minimum atomic E-state index is -2.97. The van der Waals surface area contributed by atoms with Crippen molar-refractivity contribution in [2.75, 3.05) is 25.6 Å². The first-order valence-corrected chi connectivity index (χ1v) is 31.3. The van der Waals surface area contributed by atoms with Crippen LogP contribution in [0.2, 0.25) is 41.3 Å². The Balaban J connectivity index is 1.65. The van der Waals surface area contributed by atoms with Gasteiger partial charge >= 0.3 is 8.32 Å². The Morgan fingerprint density at radius 3 is 1.86 bits per heavy atom. The fourth-order valence-electron chi connectivity index (χ4n) is 8.08. The third-order valence-electron chi connectivity index (χ3n) is 14.1. The number of allylic oxidation sites excluding steroid dienone is 1. The zero-order valence-corrected chi connectivity index (χ0v) is 46.0. The molecule has 0 radical (unpaired) electrons. The molecular formula is C53H85NO7Si3. The molecule has 4 rings (SSSR count). The number of methoxy groups -OCH3 is 1. The molecule has 8 nitrogen and oxygen atoms in total. The average molecular weight is 933 g/mol. The van der Waals surface area contributed by atoms with Gasteiger partial charge in [0.25, 0.3) is 0 Å². The molecule has 1 N–H and O–H groups in total. The van der Waals surface area contributed by atoms with Crippen LogP contribution in [-0.2, 0) is 34.3 Å².